The SMILES string of the molecule is OC(CNC1CCOC1)c1ccccc1F. The smallest absolute Gasteiger partial charge is 0.129 e. The summed E-state index contributed by atoms with van der Waals surface area (Å²) in [5.74, 6) is -0.362. The number of hydrogen-bond donors (Lipinski definition) is 2. The maximum atomic E-state index is 13.3. The Balaban J connectivity index is 1.87. The summed E-state index contributed by atoms with van der Waals surface area (Å²) in [4.78, 5) is 0. The Hall–Kier alpha value is -0.970. The summed E-state index contributed by atoms with van der Waals surface area (Å²) in [6.07, 6.45) is 0.145. The largest absolute Gasteiger partial charge is 0.387 e. The van der Waals surface area contributed by atoms with Gasteiger partial charge in [0, 0.05) is 24.8 Å². The van der Waals surface area contributed by atoms with Gasteiger partial charge in [-0.25, -0.2) is 4.39 Å². The van der Waals surface area contributed by atoms with E-state index in [1.165, 1.54) is 6.07 Å². The molecular weight excluding hydrogens is 209 g/mol. The van der Waals surface area contributed by atoms with Crippen molar-refractivity contribution < 1.29 is 14.2 Å². The van der Waals surface area contributed by atoms with Crippen LogP contribution in [0.1, 0.15) is 18.1 Å². The van der Waals surface area contributed by atoms with Crippen molar-refractivity contribution in [1.29, 1.82) is 0 Å². The molecule has 0 bridgehead atoms. The number of nitrogens with one attached hydrogen (secondary N) is 1. The maximum absolute atomic E-state index is 13.3. The molecule has 1 aromatic rings. The van der Waals surface area contributed by atoms with Crippen molar-refractivity contribution >= 4 is 0 Å². The van der Waals surface area contributed by atoms with Crippen molar-refractivity contribution in [2.45, 2.75) is 18.6 Å². The highest BCUT2D eigenvalue weighted by molar-refractivity contribution is 5.19. The van der Waals surface area contributed by atoms with Crippen LogP contribution in [0.25, 0.3) is 0 Å². The number of hydrogen-bond acceptors (Lipinski definition) is 3. The summed E-state index contributed by atoms with van der Waals surface area (Å²) in [6, 6.07) is 6.58. The van der Waals surface area contributed by atoms with Crippen molar-refractivity contribution in [2.75, 3.05) is 19.8 Å². The quantitative estimate of drug-likeness (QED) is 0.810. The Kier molecular flexibility index (Phi) is 3.88. The molecule has 2 atom stereocenters. The number of ether oxygens (including phenoxy) is 1. The Morgan fingerprint density at radius 1 is 1.50 bits per heavy atom. The summed E-state index contributed by atoms with van der Waals surface area (Å²) >= 11 is 0. The summed E-state index contributed by atoms with van der Waals surface area (Å²) in [7, 11) is 0. The number of aliphatic hydroxyl groups is 1. The lowest BCUT2D eigenvalue weighted by atomic mass is 10.1. The van der Waals surface area contributed by atoms with Crippen LogP contribution in [0.2, 0.25) is 0 Å². The van der Waals surface area contributed by atoms with Crippen molar-refractivity contribution in [3.05, 3.63) is 35.6 Å². The van der Waals surface area contributed by atoms with Gasteiger partial charge in [0.1, 0.15) is 5.82 Å². The number of rotatable bonds is 4. The summed E-state index contributed by atoms with van der Waals surface area (Å²) in [5, 5.41) is 13.0. The van der Waals surface area contributed by atoms with E-state index in [-0.39, 0.29) is 11.9 Å². The second-order valence-corrected chi connectivity index (χ2v) is 4.01. The molecular formula is C12H16FNO2. The zero-order valence-corrected chi connectivity index (χ0v) is 9.03. The average Bonchev–Trinajstić information content (AvgIpc) is 2.79. The first kappa shape index (κ1) is 11.5. The zero-order valence-electron chi connectivity index (χ0n) is 9.03. The van der Waals surface area contributed by atoms with Gasteiger partial charge in [-0.3, -0.25) is 0 Å². The minimum Gasteiger partial charge on any atom is -0.387 e. The normalized spacial score (nSPS) is 22.2. The van der Waals surface area contributed by atoms with Crippen LogP contribution in [0.15, 0.2) is 24.3 Å². The standard InChI is InChI=1S/C12H16FNO2/c13-11-4-2-1-3-10(11)12(15)7-14-9-5-6-16-8-9/h1-4,9,12,14-15H,5-8H2. The maximum Gasteiger partial charge on any atom is 0.129 e. The second-order valence-electron chi connectivity index (χ2n) is 4.01. The Bertz CT molecular complexity index is 340. The lowest BCUT2D eigenvalue weighted by molar-refractivity contribution is 0.157. The van der Waals surface area contributed by atoms with Crippen LogP contribution >= 0.6 is 0 Å². The molecule has 3 nitrogen and oxygen atoms in total. The number of halogens is 1. The van der Waals surface area contributed by atoms with Crippen LogP contribution in [0.3, 0.4) is 0 Å². The molecule has 4 heteroatoms. The molecule has 88 valence electrons. The predicted molar refractivity (Wildman–Crippen MR) is 58.6 cm³/mol. The summed E-state index contributed by atoms with van der Waals surface area (Å²) in [6.45, 7) is 1.78. The van der Waals surface area contributed by atoms with Crippen LogP contribution < -0.4 is 5.32 Å². The van der Waals surface area contributed by atoms with Crippen molar-refractivity contribution in [3.8, 4) is 0 Å². The van der Waals surface area contributed by atoms with Crippen molar-refractivity contribution in [2.24, 2.45) is 0 Å². The monoisotopic (exact) mass is 225 g/mol. The first-order valence-corrected chi connectivity index (χ1v) is 5.51. The van der Waals surface area contributed by atoms with Gasteiger partial charge in [-0.05, 0) is 12.5 Å². The molecule has 1 saturated heterocycles. The fourth-order valence-corrected chi connectivity index (χ4v) is 1.83. The fraction of sp³-hybridized carbons (Fsp3) is 0.500. The summed E-state index contributed by atoms with van der Waals surface area (Å²) in [5.41, 5.74) is 0.342. The molecule has 2 rings (SSSR count). The summed E-state index contributed by atoms with van der Waals surface area (Å²) < 4.78 is 18.5. The van der Waals surface area contributed by atoms with Crippen LogP contribution in [0.4, 0.5) is 4.39 Å². The van der Waals surface area contributed by atoms with E-state index in [9.17, 15) is 9.50 Å². The highest BCUT2D eigenvalue weighted by atomic mass is 19.1. The molecule has 1 heterocycles. The van der Waals surface area contributed by atoms with Gasteiger partial charge in [-0.1, -0.05) is 18.2 Å². The molecule has 0 spiro atoms. The minimum absolute atomic E-state index is 0.279. The van der Waals surface area contributed by atoms with Gasteiger partial charge in [0.15, 0.2) is 0 Å². The first-order chi connectivity index (χ1) is 7.77. The molecule has 0 aliphatic carbocycles. The predicted octanol–water partition coefficient (Wildman–Crippen LogP) is 1.24. The van der Waals surface area contributed by atoms with Gasteiger partial charge in [0.25, 0.3) is 0 Å². The van der Waals surface area contributed by atoms with Gasteiger partial charge in [0.05, 0.1) is 12.7 Å². The molecule has 2 N–H and O–H groups in total. The third-order valence-corrected chi connectivity index (χ3v) is 2.79. The van der Waals surface area contributed by atoms with Crippen molar-refractivity contribution in [3.63, 3.8) is 0 Å². The molecule has 1 aliphatic heterocycles. The molecule has 1 aliphatic rings. The molecule has 16 heavy (non-hydrogen) atoms. The lowest BCUT2D eigenvalue weighted by Gasteiger charge is -2.15. The van der Waals surface area contributed by atoms with Crippen LogP contribution in [-0.4, -0.2) is 30.9 Å². The van der Waals surface area contributed by atoms with E-state index in [2.05, 4.69) is 5.32 Å². The fourth-order valence-electron chi connectivity index (χ4n) is 1.83. The Morgan fingerprint density at radius 2 is 2.31 bits per heavy atom. The minimum atomic E-state index is -0.804. The van der Waals surface area contributed by atoms with Crippen molar-refractivity contribution in [1.82, 2.24) is 5.32 Å². The van der Waals surface area contributed by atoms with E-state index < -0.39 is 6.10 Å². The molecule has 2 unspecified atom stereocenters. The molecule has 1 fully saturated rings. The highest BCUT2D eigenvalue weighted by Gasteiger charge is 2.18. The topological polar surface area (TPSA) is 41.5 Å². The van der Waals surface area contributed by atoms with Gasteiger partial charge in [0.2, 0.25) is 0 Å². The van der Waals surface area contributed by atoms with Crippen LogP contribution in [-0.2, 0) is 4.74 Å². The van der Waals surface area contributed by atoms with E-state index in [0.717, 1.165) is 13.0 Å². The van der Waals surface area contributed by atoms with Crippen LogP contribution in [0, 0.1) is 5.82 Å². The Morgan fingerprint density at radius 3 is 3.00 bits per heavy atom. The van der Waals surface area contributed by atoms with E-state index >= 15 is 0 Å². The molecule has 0 saturated carbocycles. The van der Waals surface area contributed by atoms with Gasteiger partial charge in [-0.2, -0.15) is 0 Å². The Labute approximate surface area is 94.2 Å². The van der Waals surface area contributed by atoms with Crippen LogP contribution in [0.5, 0.6) is 0 Å². The third-order valence-electron chi connectivity index (χ3n) is 2.79. The third kappa shape index (κ3) is 2.78. The number of aliphatic hydroxyl groups excluding tert-OH is 1. The van der Waals surface area contributed by atoms with E-state index in [1.807, 2.05) is 0 Å². The number of benzene rings is 1. The van der Waals surface area contributed by atoms with Gasteiger partial charge in [-0.15, -0.1) is 0 Å². The molecule has 1 aromatic carbocycles. The first-order valence-electron chi connectivity index (χ1n) is 5.51. The van der Waals surface area contributed by atoms with Gasteiger partial charge < -0.3 is 15.2 Å². The lowest BCUT2D eigenvalue weighted by Crippen LogP contribution is -2.33. The van der Waals surface area contributed by atoms with E-state index in [4.69, 9.17) is 4.74 Å². The average molecular weight is 225 g/mol. The van der Waals surface area contributed by atoms with E-state index in [1.54, 1.807) is 18.2 Å². The van der Waals surface area contributed by atoms with Gasteiger partial charge >= 0.3 is 0 Å². The highest BCUT2D eigenvalue weighted by Crippen LogP contribution is 2.16. The second kappa shape index (κ2) is 5.39. The zero-order chi connectivity index (χ0) is 11.4. The molecule has 0 amide bonds. The molecule has 0 aromatic heterocycles. The van der Waals surface area contributed by atoms with E-state index in [0.29, 0.717) is 18.7 Å². The molecule has 0 radical (unpaired) electrons.